The Bertz CT molecular complexity index is 1250. The van der Waals surface area contributed by atoms with E-state index in [2.05, 4.69) is 25.1 Å². The average molecular weight is 567 g/mol. The van der Waals surface area contributed by atoms with Crippen molar-refractivity contribution < 1.29 is 27.8 Å². The predicted molar refractivity (Wildman–Crippen MR) is 156 cm³/mol. The minimum absolute atomic E-state index is 0.228. The predicted octanol–water partition coefficient (Wildman–Crippen LogP) is 9.40. The molecular weight excluding hydrogens is 525 g/mol. The van der Waals surface area contributed by atoms with Crippen molar-refractivity contribution in [1.29, 1.82) is 0 Å². The second-order valence-electron chi connectivity index (χ2n) is 12.5. The number of hydrogen-bond acceptors (Lipinski definition) is 2. The van der Waals surface area contributed by atoms with Gasteiger partial charge in [0.15, 0.2) is 0 Å². The Hall–Kier alpha value is -3.02. The zero-order chi connectivity index (χ0) is 29.0. The molecule has 0 aliphatic heterocycles. The van der Waals surface area contributed by atoms with E-state index in [0.29, 0.717) is 30.6 Å². The van der Waals surface area contributed by atoms with Crippen molar-refractivity contribution in [2.75, 3.05) is 6.61 Å². The summed E-state index contributed by atoms with van der Waals surface area (Å²) in [7, 11) is 0. The molecule has 0 heterocycles. The maximum absolute atomic E-state index is 13.3. The molecule has 6 rings (SSSR count). The summed E-state index contributed by atoms with van der Waals surface area (Å²) in [4.78, 5) is 11.2. The third kappa shape index (κ3) is 7.07. The normalized spacial score (nSPS) is 25.7. The van der Waals surface area contributed by atoms with Crippen molar-refractivity contribution in [3.63, 3.8) is 0 Å². The fourth-order valence-corrected chi connectivity index (χ4v) is 7.97. The van der Waals surface area contributed by atoms with Crippen LogP contribution < -0.4 is 4.74 Å². The molecule has 2 aromatic carbocycles. The van der Waals surface area contributed by atoms with E-state index >= 15 is 0 Å². The molecule has 4 fully saturated rings. The van der Waals surface area contributed by atoms with Crippen LogP contribution in [0.25, 0.3) is 5.57 Å². The summed E-state index contributed by atoms with van der Waals surface area (Å²) >= 11 is 0. The molecule has 1 N–H and O–H groups in total. The van der Waals surface area contributed by atoms with E-state index in [-0.39, 0.29) is 5.41 Å². The molecule has 0 amide bonds. The molecule has 0 aromatic heterocycles. The number of aliphatic carboxylic acids is 1. The first kappa shape index (κ1) is 29.5. The molecule has 4 saturated carbocycles. The van der Waals surface area contributed by atoms with Crippen molar-refractivity contribution in [3.05, 3.63) is 82.9 Å². The van der Waals surface area contributed by atoms with E-state index in [4.69, 9.17) is 9.84 Å². The van der Waals surface area contributed by atoms with E-state index in [9.17, 15) is 18.0 Å². The standard InChI is InChI=1S/C35H41F3O3/c1-2-3-4-15-41-32-19-24(11-13-31(32)34-21-25-16-26(22-34)18-27(17-25)23-34)7-5-8-28(12-14-33(39)40)29-9-6-10-30(20-29)35(36,37)38/h6,8-14,19-20,25-27H,2-5,7,15-18,21-23H2,1H3,(H,39,40)/b14-12-,28-8-. The zero-order valence-corrected chi connectivity index (χ0v) is 23.9. The average Bonchev–Trinajstić information content (AvgIpc) is 2.92. The maximum atomic E-state index is 13.3. The van der Waals surface area contributed by atoms with Crippen LogP contribution in [0.5, 0.6) is 5.75 Å². The maximum Gasteiger partial charge on any atom is 0.416 e. The second kappa shape index (κ2) is 12.5. The van der Waals surface area contributed by atoms with Gasteiger partial charge in [-0.1, -0.05) is 50.1 Å². The van der Waals surface area contributed by atoms with Crippen LogP contribution in [0.1, 0.15) is 93.4 Å². The van der Waals surface area contributed by atoms with Gasteiger partial charge in [-0.25, -0.2) is 4.79 Å². The number of halogens is 3. The molecular formula is C35H41F3O3. The molecule has 0 unspecified atom stereocenters. The second-order valence-corrected chi connectivity index (χ2v) is 12.5. The smallest absolute Gasteiger partial charge is 0.416 e. The van der Waals surface area contributed by atoms with Gasteiger partial charge in [-0.3, -0.25) is 0 Å². The monoisotopic (exact) mass is 566 g/mol. The number of allylic oxidation sites excluding steroid dienone is 3. The van der Waals surface area contributed by atoms with Crippen LogP contribution in [0.3, 0.4) is 0 Å². The third-order valence-corrected chi connectivity index (χ3v) is 9.39. The Balaban J connectivity index is 1.38. The van der Waals surface area contributed by atoms with Gasteiger partial charge in [0.1, 0.15) is 5.75 Å². The van der Waals surface area contributed by atoms with E-state index < -0.39 is 17.7 Å². The third-order valence-electron chi connectivity index (χ3n) is 9.39. The molecule has 2 aromatic rings. The first-order valence-electron chi connectivity index (χ1n) is 15.2. The van der Waals surface area contributed by atoms with Gasteiger partial charge < -0.3 is 9.84 Å². The molecule has 0 saturated heterocycles. The summed E-state index contributed by atoms with van der Waals surface area (Å²) < 4.78 is 46.4. The Morgan fingerprint density at radius 1 is 1.00 bits per heavy atom. The van der Waals surface area contributed by atoms with Gasteiger partial charge in [-0.2, -0.15) is 13.2 Å². The van der Waals surface area contributed by atoms with Gasteiger partial charge in [0.2, 0.25) is 0 Å². The topological polar surface area (TPSA) is 46.5 Å². The number of benzene rings is 2. The lowest BCUT2D eigenvalue weighted by molar-refractivity contribution is -0.137. The minimum Gasteiger partial charge on any atom is -0.493 e. The number of carboxylic acids is 1. The van der Waals surface area contributed by atoms with Gasteiger partial charge in [-0.05, 0) is 122 Å². The fourth-order valence-electron chi connectivity index (χ4n) is 7.97. The van der Waals surface area contributed by atoms with Crippen LogP contribution in [0, 0.1) is 17.8 Å². The summed E-state index contributed by atoms with van der Waals surface area (Å²) in [6, 6.07) is 11.7. The highest BCUT2D eigenvalue weighted by atomic mass is 19.4. The summed E-state index contributed by atoms with van der Waals surface area (Å²) in [5, 5.41) is 9.14. The van der Waals surface area contributed by atoms with Crippen molar-refractivity contribution in [3.8, 4) is 5.75 Å². The molecule has 220 valence electrons. The van der Waals surface area contributed by atoms with Crippen molar-refractivity contribution in [1.82, 2.24) is 0 Å². The number of hydrogen-bond donors (Lipinski definition) is 1. The lowest BCUT2D eigenvalue weighted by atomic mass is 9.48. The summed E-state index contributed by atoms with van der Waals surface area (Å²) in [6.45, 7) is 2.89. The largest absolute Gasteiger partial charge is 0.493 e. The minimum atomic E-state index is -4.47. The molecule has 41 heavy (non-hydrogen) atoms. The van der Waals surface area contributed by atoms with E-state index in [1.165, 1.54) is 56.2 Å². The highest BCUT2D eigenvalue weighted by Gasteiger charge is 2.52. The van der Waals surface area contributed by atoms with Gasteiger partial charge in [0.25, 0.3) is 0 Å². The molecule has 0 spiro atoms. The molecule has 0 radical (unpaired) electrons. The number of ether oxygens (including phenoxy) is 1. The zero-order valence-electron chi connectivity index (χ0n) is 23.9. The van der Waals surface area contributed by atoms with Crippen LogP contribution in [0.15, 0.2) is 60.7 Å². The summed E-state index contributed by atoms with van der Waals surface area (Å²) in [5.74, 6) is 2.38. The summed E-state index contributed by atoms with van der Waals surface area (Å²) in [5.41, 5.74) is 2.77. The highest BCUT2D eigenvalue weighted by Crippen LogP contribution is 2.62. The van der Waals surface area contributed by atoms with E-state index in [1.807, 2.05) is 6.08 Å². The Morgan fingerprint density at radius 2 is 1.71 bits per heavy atom. The molecule has 6 heteroatoms. The SMILES string of the molecule is CCCCCOc1cc(CC/C=C(/C=C\C(=O)O)c2cccc(C(F)(F)F)c2)ccc1C12CC3CC(CC(C3)C1)C2. The number of rotatable bonds is 12. The highest BCUT2D eigenvalue weighted by molar-refractivity contribution is 5.85. The Kier molecular flexibility index (Phi) is 8.96. The molecule has 4 aliphatic carbocycles. The summed E-state index contributed by atoms with van der Waals surface area (Å²) in [6.07, 6.45) is 12.2. The number of alkyl halides is 3. The van der Waals surface area contributed by atoms with Crippen molar-refractivity contribution in [2.24, 2.45) is 17.8 Å². The molecule has 4 bridgehead atoms. The van der Waals surface area contributed by atoms with Crippen molar-refractivity contribution >= 4 is 11.5 Å². The first-order chi connectivity index (χ1) is 19.6. The van der Waals surface area contributed by atoms with E-state index in [0.717, 1.165) is 66.5 Å². The van der Waals surface area contributed by atoms with Crippen LogP contribution in [-0.4, -0.2) is 17.7 Å². The first-order valence-corrected chi connectivity index (χ1v) is 15.2. The van der Waals surface area contributed by atoms with Gasteiger partial charge in [0, 0.05) is 11.6 Å². The van der Waals surface area contributed by atoms with Crippen molar-refractivity contribution in [2.45, 2.75) is 89.1 Å². The van der Waals surface area contributed by atoms with Gasteiger partial charge in [0.05, 0.1) is 12.2 Å². The Labute approximate surface area is 241 Å². The number of unbranched alkanes of at least 4 members (excludes halogenated alkanes) is 2. The van der Waals surface area contributed by atoms with E-state index in [1.54, 1.807) is 6.07 Å². The van der Waals surface area contributed by atoms with Gasteiger partial charge >= 0.3 is 12.1 Å². The quantitative estimate of drug-likeness (QED) is 0.158. The molecule has 4 aliphatic rings. The number of carbonyl (C=O) groups is 1. The van der Waals surface area contributed by atoms with Crippen LogP contribution >= 0.6 is 0 Å². The number of carboxylic acid groups (broad SMARTS) is 1. The molecule has 0 atom stereocenters. The van der Waals surface area contributed by atoms with Crippen LogP contribution in [0.2, 0.25) is 0 Å². The van der Waals surface area contributed by atoms with Gasteiger partial charge in [-0.15, -0.1) is 0 Å². The molecule has 3 nitrogen and oxygen atoms in total. The van der Waals surface area contributed by atoms with Crippen LogP contribution in [0.4, 0.5) is 13.2 Å². The lowest BCUT2D eigenvalue weighted by Crippen LogP contribution is -2.48. The van der Waals surface area contributed by atoms with Crippen LogP contribution in [-0.2, 0) is 22.8 Å². The number of aryl methyl sites for hydroxylation is 1. The Morgan fingerprint density at radius 3 is 2.34 bits per heavy atom. The fraction of sp³-hybridized carbons (Fsp3) is 0.514. The lowest BCUT2D eigenvalue weighted by Gasteiger charge is -2.57.